The van der Waals surface area contributed by atoms with Crippen LogP contribution in [0, 0.1) is 5.41 Å². The summed E-state index contributed by atoms with van der Waals surface area (Å²) in [5.74, 6) is 0.886. The van der Waals surface area contributed by atoms with E-state index in [2.05, 4.69) is 39.9 Å². The van der Waals surface area contributed by atoms with Gasteiger partial charge < -0.3 is 20.9 Å². The van der Waals surface area contributed by atoms with Crippen molar-refractivity contribution in [3.05, 3.63) is 52.8 Å². The first-order chi connectivity index (χ1) is 15.1. The van der Waals surface area contributed by atoms with Crippen LogP contribution in [0.25, 0.3) is 0 Å². The lowest BCUT2D eigenvalue weighted by atomic mass is 10.1. The monoisotopic (exact) mass is 420 g/mol. The van der Waals surface area contributed by atoms with Gasteiger partial charge in [0, 0.05) is 56.0 Å². The van der Waals surface area contributed by atoms with Gasteiger partial charge in [0.15, 0.2) is 0 Å². The molecule has 0 saturated heterocycles. The number of unbranched alkanes of at least 4 members (excludes halogenated alkanes) is 1. The Kier molecular flexibility index (Phi) is 6.92. The molecule has 4 rings (SSSR count). The van der Waals surface area contributed by atoms with Gasteiger partial charge in [-0.05, 0) is 50.3 Å². The summed E-state index contributed by atoms with van der Waals surface area (Å²) in [4.78, 5) is 23.8. The molecule has 1 amide bonds. The molecule has 1 aliphatic carbocycles. The van der Waals surface area contributed by atoms with Crippen LogP contribution in [0.1, 0.15) is 48.1 Å². The average Bonchev–Trinajstić information content (AvgIpc) is 3.18. The van der Waals surface area contributed by atoms with E-state index in [9.17, 15) is 4.79 Å². The minimum atomic E-state index is 0.191. The maximum absolute atomic E-state index is 12.6. The number of fused-ring (bicyclic) bond motifs is 2. The maximum atomic E-state index is 12.6. The first-order valence-corrected chi connectivity index (χ1v) is 11.3. The molecule has 0 saturated carbocycles. The molecule has 2 heterocycles. The molecule has 1 aromatic heterocycles. The Morgan fingerprint density at radius 3 is 2.65 bits per heavy atom. The number of benzene rings is 1. The van der Waals surface area contributed by atoms with Crippen LogP contribution in [0.4, 0.5) is 5.95 Å². The molecule has 0 spiro atoms. The summed E-state index contributed by atoms with van der Waals surface area (Å²) in [7, 11) is 1.85. The Morgan fingerprint density at radius 2 is 1.90 bits per heavy atom. The van der Waals surface area contributed by atoms with Crippen molar-refractivity contribution in [3.8, 4) is 0 Å². The highest BCUT2D eigenvalue weighted by atomic mass is 16.2. The van der Waals surface area contributed by atoms with Gasteiger partial charge in [0.25, 0.3) is 0 Å². The van der Waals surface area contributed by atoms with Gasteiger partial charge in [-0.3, -0.25) is 4.79 Å². The van der Waals surface area contributed by atoms with Gasteiger partial charge in [-0.2, -0.15) is 0 Å². The first-order valence-electron chi connectivity index (χ1n) is 11.3. The Hall–Kier alpha value is -2.80. The van der Waals surface area contributed by atoms with Gasteiger partial charge in [0.2, 0.25) is 11.9 Å². The molecule has 3 N–H and O–H groups in total. The zero-order valence-electron chi connectivity index (χ0n) is 18.3. The van der Waals surface area contributed by atoms with Crippen LogP contribution in [-0.2, 0) is 30.6 Å². The van der Waals surface area contributed by atoms with Gasteiger partial charge in [0.1, 0.15) is 0 Å². The number of nitrogens with zero attached hydrogens (tertiary/aromatic N) is 3. The summed E-state index contributed by atoms with van der Waals surface area (Å²) < 4.78 is 0. The summed E-state index contributed by atoms with van der Waals surface area (Å²) in [6.45, 7) is 1.94. The van der Waals surface area contributed by atoms with Crippen LogP contribution in [0.3, 0.4) is 0 Å². The third kappa shape index (κ3) is 5.47. The van der Waals surface area contributed by atoms with Gasteiger partial charge in [-0.25, -0.2) is 9.97 Å². The molecule has 31 heavy (non-hydrogen) atoms. The van der Waals surface area contributed by atoms with Gasteiger partial charge in [-0.15, -0.1) is 0 Å². The van der Waals surface area contributed by atoms with Crippen LogP contribution in [0.15, 0.2) is 30.5 Å². The van der Waals surface area contributed by atoms with Gasteiger partial charge in [0.05, 0.1) is 5.69 Å². The molecule has 7 heteroatoms. The Bertz CT molecular complexity index is 918. The van der Waals surface area contributed by atoms with E-state index in [4.69, 9.17) is 10.4 Å². The first kappa shape index (κ1) is 21.4. The fourth-order valence-electron chi connectivity index (χ4n) is 4.52. The summed E-state index contributed by atoms with van der Waals surface area (Å²) in [5.41, 5.74) is 5.62. The third-order valence-electron chi connectivity index (χ3n) is 6.18. The average molecular weight is 421 g/mol. The highest BCUT2D eigenvalue weighted by Crippen LogP contribution is 2.24. The summed E-state index contributed by atoms with van der Waals surface area (Å²) in [5, 5.41) is 14.3. The standard InChI is InChI=1S/C24H32N6O/c1-26-15-20(25)8-4-5-9-23(31)30-11-10-22-19(16-30)14-27-24(29-22)28-21-12-17-6-2-3-7-18(17)13-21/h2-3,6-7,14,21,25-26H,4-5,8-13,15-16H2,1H3,(H,27,28,29). The number of aromatic nitrogens is 2. The number of amides is 1. The molecule has 0 radical (unpaired) electrons. The Morgan fingerprint density at radius 1 is 1.16 bits per heavy atom. The van der Waals surface area contributed by atoms with E-state index in [1.54, 1.807) is 0 Å². The van der Waals surface area contributed by atoms with Crippen molar-refractivity contribution in [2.45, 2.75) is 57.5 Å². The SMILES string of the molecule is CNCC(=N)CCCCC(=O)N1CCc2nc(NC3Cc4ccccc4C3)ncc2C1. The van der Waals surface area contributed by atoms with Gasteiger partial charge in [-0.1, -0.05) is 24.3 Å². The predicted octanol–water partition coefficient (Wildman–Crippen LogP) is 2.74. The number of hydrogen-bond donors (Lipinski definition) is 3. The molecule has 0 atom stereocenters. The topological polar surface area (TPSA) is 94.0 Å². The largest absolute Gasteiger partial charge is 0.351 e. The van der Waals surface area contributed by atoms with Crippen molar-refractivity contribution in [2.75, 3.05) is 25.5 Å². The van der Waals surface area contributed by atoms with Crippen molar-refractivity contribution in [1.82, 2.24) is 20.2 Å². The summed E-state index contributed by atoms with van der Waals surface area (Å²) >= 11 is 0. The summed E-state index contributed by atoms with van der Waals surface area (Å²) in [6.07, 6.45) is 7.69. The molecular formula is C24H32N6O. The molecule has 2 aliphatic rings. The molecule has 1 aliphatic heterocycles. The second-order valence-corrected chi connectivity index (χ2v) is 8.59. The van der Waals surface area contributed by atoms with E-state index >= 15 is 0 Å². The molecule has 0 bridgehead atoms. The number of anilines is 1. The number of carbonyl (C=O) groups excluding carboxylic acids is 1. The summed E-state index contributed by atoms with van der Waals surface area (Å²) in [6, 6.07) is 8.93. The minimum Gasteiger partial charge on any atom is -0.351 e. The van der Waals surface area contributed by atoms with E-state index < -0.39 is 0 Å². The lowest BCUT2D eigenvalue weighted by Gasteiger charge is -2.28. The fourth-order valence-corrected chi connectivity index (χ4v) is 4.52. The third-order valence-corrected chi connectivity index (χ3v) is 6.18. The lowest BCUT2D eigenvalue weighted by molar-refractivity contribution is -0.132. The second-order valence-electron chi connectivity index (χ2n) is 8.59. The predicted molar refractivity (Wildman–Crippen MR) is 123 cm³/mol. The number of carbonyl (C=O) groups is 1. The van der Waals surface area contributed by atoms with E-state index in [0.29, 0.717) is 43.8 Å². The molecule has 7 nitrogen and oxygen atoms in total. The minimum absolute atomic E-state index is 0.191. The quantitative estimate of drug-likeness (QED) is 0.428. The smallest absolute Gasteiger partial charge is 0.223 e. The Labute approximate surface area is 184 Å². The Balaban J connectivity index is 1.26. The van der Waals surface area contributed by atoms with Crippen molar-refractivity contribution in [1.29, 1.82) is 5.41 Å². The van der Waals surface area contributed by atoms with Crippen molar-refractivity contribution >= 4 is 17.6 Å². The molecule has 2 aromatic rings. The molecule has 164 valence electrons. The molecule has 1 aromatic carbocycles. The maximum Gasteiger partial charge on any atom is 0.223 e. The van der Waals surface area contributed by atoms with Crippen molar-refractivity contribution in [2.24, 2.45) is 0 Å². The van der Waals surface area contributed by atoms with Gasteiger partial charge >= 0.3 is 0 Å². The molecule has 0 fully saturated rings. The van der Waals surface area contributed by atoms with Crippen LogP contribution >= 0.6 is 0 Å². The lowest BCUT2D eigenvalue weighted by Crippen LogP contribution is -2.36. The zero-order valence-corrected chi connectivity index (χ0v) is 18.3. The van der Waals surface area contributed by atoms with Crippen molar-refractivity contribution in [3.63, 3.8) is 0 Å². The van der Waals surface area contributed by atoms with Crippen LogP contribution in [-0.4, -0.2) is 52.7 Å². The van der Waals surface area contributed by atoms with E-state index in [-0.39, 0.29) is 5.91 Å². The van der Waals surface area contributed by atoms with Crippen LogP contribution in [0.5, 0.6) is 0 Å². The van der Waals surface area contributed by atoms with Crippen LogP contribution in [0.2, 0.25) is 0 Å². The van der Waals surface area contributed by atoms with Crippen LogP contribution < -0.4 is 10.6 Å². The second kappa shape index (κ2) is 10.0. The van der Waals surface area contributed by atoms with E-state index in [1.807, 2.05) is 18.1 Å². The number of nitrogens with one attached hydrogen (secondary N) is 3. The number of rotatable bonds is 9. The van der Waals surface area contributed by atoms with E-state index in [0.717, 1.165) is 49.8 Å². The molecule has 0 unspecified atom stereocenters. The zero-order chi connectivity index (χ0) is 21.6. The highest BCUT2D eigenvalue weighted by Gasteiger charge is 2.24. The molecular weight excluding hydrogens is 388 g/mol. The highest BCUT2D eigenvalue weighted by molar-refractivity contribution is 5.83. The fraction of sp³-hybridized carbons (Fsp3) is 0.500. The van der Waals surface area contributed by atoms with E-state index in [1.165, 1.54) is 11.1 Å². The number of hydrogen-bond acceptors (Lipinski definition) is 6. The normalized spacial score (nSPS) is 15.5. The van der Waals surface area contributed by atoms with Crippen molar-refractivity contribution < 1.29 is 4.79 Å².